The number of rotatable bonds is 3. The minimum Gasteiger partial charge on any atom is -0.335 e. The van der Waals surface area contributed by atoms with Gasteiger partial charge in [0.05, 0.1) is 9.21 Å². The summed E-state index contributed by atoms with van der Waals surface area (Å²) in [5.41, 5.74) is 0. The fraction of sp³-hybridized carbons (Fsp3) is 0.583. The smallest absolute Gasteiger partial charge is 0.264 e. The molecule has 1 aromatic heterocycles. The molecule has 5 heteroatoms. The topological polar surface area (TPSA) is 20.3 Å². The molecule has 0 bridgehead atoms. The van der Waals surface area contributed by atoms with E-state index in [2.05, 4.69) is 0 Å². The molecule has 2 rings (SSSR count). The number of carbonyl (C=O) groups is 1. The van der Waals surface area contributed by atoms with Crippen molar-refractivity contribution in [3.63, 3.8) is 0 Å². The number of nitrogens with zero attached hydrogens (tertiary/aromatic N) is 1. The van der Waals surface area contributed by atoms with E-state index in [1.54, 1.807) is 6.07 Å². The first-order chi connectivity index (χ1) is 8.22. The van der Waals surface area contributed by atoms with Gasteiger partial charge in [-0.3, -0.25) is 4.79 Å². The zero-order chi connectivity index (χ0) is 12.3. The zero-order valence-electron chi connectivity index (χ0n) is 9.49. The van der Waals surface area contributed by atoms with E-state index in [1.807, 2.05) is 11.0 Å². The minimum atomic E-state index is 0.108. The first-order valence-corrected chi connectivity index (χ1v) is 7.57. The summed E-state index contributed by atoms with van der Waals surface area (Å²) in [7, 11) is 0. The molecule has 94 valence electrons. The number of piperidine rings is 1. The molecule has 1 aliphatic rings. The van der Waals surface area contributed by atoms with Gasteiger partial charge in [0.2, 0.25) is 0 Å². The zero-order valence-corrected chi connectivity index (χ0v) is 11.8. The highest BCUT2D eigenvalue weighted by Crippen LogP contribution is 2.27. The first kappa shape index (κ1) is 13.2. The Hall–Kier alpha value is -0.250. The Morgan fingerprint density at radius 2 is 2.29 bits per heavy atom. The van der Waals surface area contributed by atoms with Crippen LogP contribution in [-0.2, 0) is 0 Å². The molecule has 1 unspecified atom stereocenters. The average Bonchev–Trinajstić information content (AvgIpc) is 2.76. The number of amides is 1. The summed E-state index contributed by atoms with van der Waals surface area (Å²) < 4.78 is 0.666. The van der Waals surface area contributed by atoms with Crippen LogP contribution in [-0.4, -0.2) is 29.3 Å². The van der Waals surface area contributed by atoms with Crippen LogP contribution in [0.15, 0.2) is 12.1 Å². The molecule has 0 spiro atoms. The van der Waals surface area contributed by atoms with Crippen molar-refractivity contribution in [2.45, 2.75) is 31.7 Å². The fourth-order valence-corrected chi connectivity index (χ4v) is 3.52. The van der Waals surface area contributed by atoms with E-state index < -0.39 is 0 Å². The van der Waals surface area contributed by atoms with Gasteiger partial charge < -0.3 is 4.90 Å². The van der Waals surface area contributed by atoms with Gasteiger partial charge in [0.25, 0.3) is 5.91 Å². The molecule has 0 radical (unpaired) electrons. The minimum absolute atomic E-state index is 0.108. The van der Waals surface area contributed by atoms with Crippen LogP contribution >= 0.6 is 34.5 Å². The number of hydrogen-bond donors (Lipinski definition) is 0. The maximum Gasteiger partial charge on any atom is 0.264 e. The van der Waals surface area contributed by atoms with Crippen LogP contribution < -0.4 is 0 Å². The van der Waals surface area contributed by atoms with Gasteiger partial charge in [0.1, 0.15) is 0 Å². The van der Waals surface area contributed by atoms with Crippen LogP contribution in [0.5, 0.6) is 0 Å². The van der Waals surface area contributed by atoms with Gasteiger partial charge in [-0.05, 0) is 37.8 Å². The van der Waals surface area contributed by atoms with Gasteiger partial charge in [0.15, 0.2) is 0 Å². The molecular formula is C12H15Cl2NOS. The predicted molar refractivity (Wildman–Crippen MR) is 73.3 cm³/mol. The third kappa shape index (κ3) is 3.15. The first-order valence-electron chi connectivity index (χ1n) is 5.84. The molecule has 1 atom stereocenters. The van der Waals surface area contributed by atoms with Crippen LogP contribution in [0.1, 0.15) is 35.4 Å². The number of hydrogen-bond acceptors (Lipinski definition) is 2. The van der Waals surface area contributed by atoms with Crippen molar-refractivity contribution < 1.29 is 4.79 Å². The Morgan fingerprint density at radius 1 is 1.47 bits per heavy atom. The number of likely N-dealkylation sites (tertiary alicyclic amines) is 1. The highest BCUT2D eigenvalue weighted by Gasteiger charge is 2.27. The van der Waals surface area contributed by atoms with E-state index >= 15 is 0 Å². The summed E-state index contributed by atoms with van der Waals surface area (Å²) in [4.78, 5) is 15.0. The lowest BCUT2D eigenvalue weighted by atomic mass is 10.00. The van der Waals surface area contributed by atoms with E-state index in [-0.39, 0.29) is 5.91 Å². The molecule has 0 aliphatic carbocycles. The molecule has 17 heavy (non-hydrogen) atoms. The lowest BCUT2D eigenvalue weighted by Crippen LogP contribution is -2.43. The van der Waals surface area contributed by atoms with Crippen LogP contribution in [0, 0.1) is 0 Å². The third-order valence-electron chi connectivity index (χ3n) is 3.11. The molecule has 1 fully saturated rings. The second-order valence-electron chi connectivity index (χ2n) is 4.23. The Morgan fingerprint density at radius 3 is 2.94 bits per heavy atom. The fourth-order valence-electron chi connectivity index (χ4n) is 2.26. The second kappa shape index (κ2) is 6.07. The summed E-state index contributed by atoms with van der Waals surface area (Å²) in [5, 5.41) is 0. The van der Waals surface area contributed by atoms with Crippen LogP contribution in [0.3, 0.4) is 0 Å². The molecular weight excluding hydrogens is 277 g/mol. The van der Waals surface area contributed by atoms with Crippen LogP contribution in [0.2, 0.25) is 4.34 Å². The number of carbonyl (C=O) groups excluding carboxylic acids is 1. The van der Waals surface area contributed by atoms with Crippen molar-refractivity contribution in [2.75, 3.05) is 12.4 Å². The molecule has 0 aromatic carbocycles. The normalized spacial score (nSPS) is 20.6. The van der Waals surface area contributed by atoms with Gasteiger partial charge >= 0.3 is 0 Å². The molecule has 1 saturated heterocycles. The number of thiophene rings is 1. The summed E-state index contributed by atoms with van der Waals surface area (Å²) >= 11 is 13.0. The van der Waals surface area contributed by atoms with E-state index in [4.69, 9.17) is 23.2 Å². The van der Waals surface area contributed by atoms with Gasteiger partial charge in [0, 0.05) is 18.5 Å². The molecule has 0 N–H and O–H groups in total. The summed E-state index contributed by atoms with van der Waals surface area (Å²) in [6, 6.07) is 3.89. The predicted octanol–water partition coefficient (Wildman–Crippen LogP) is 4.03. The number of alkyl halides is 1. The van der Waals surface area contributed by atoms with E-state index in [0.29, 0.717) is 16.3 Å². The van der Waals surface area contributed by atoms with E-state index in [9.17, 15) is 4.79 Å². The third-order valence-corrected chi connectivity index (χ3v) is 4.55. The van der Waals surface area contributed by atoms with Gasteiger partial charge in [-0.25, -0.2) is 0 Å². The van der Waals surface area contributed by atoms with Crippen molar-refractivity contribution in [1.82, 2.24) is 4.90 Å². The maximum absolute atomic E-state index is 12.3. The quantitative estimate of drug-likeness (QED) is 0.770. The highest BCUT2D eigenvalue weighted by molar-refractivity contribution is 7.17. The van der Waals surface area contributed by atoms with Crippen molar-refractivity contribution >= 4 is 40.4 Å². The van der Waals surface area contributed by atoms with Crippen LogP contribution in [0.25, 0.3) is 0 Å². The van der Waals surface area contributed by atoms with Gasteiger partial charge in [-0.2, -0.15) is 0 Å². The Labute approximate surface area is 116 Å². The second-order valence-corrected chi connectivity index (χ2v) is 6.32. The lowest BCUT2D eigenvalue weighted by molar-refractivity contribution is 0.0614. The van der Waals surface area contributed by atoms with Crippen molar-refractivity contribution in [1.29, 1.82) is 0 Å². The summed E-state index contributed by atoms with van der Waals surface area (Å²) in [6.07, 6.45) is 4.23. The Balaban J connectivity index is 2.10. The van der Waals surface area contributed by atoms with Gasteiger partial charge in [-0.1, -0.05) is 11.6 Å². The standard InChI is InChI=1S/C12H15Cl2NOS/c13-7-6-9-3-1-2-8-15(9)12(16)10-4-5-11(14)17-10/h4-5,9H,1-3,6-8H2. The largest absolute Gasteiger partial charge is 0.335 e. The highest BCUT2D eigenvalue weighted by atomic mass is 35.5. The molecule has 2 nitrogen and oxygen atoms in total. The molecule has 1 aromatic rings. The monoisotopic (exact) mass is 291 g/mol. The summed E-state index contributed by atoms with van der Waals surface area (Å²) in [5.74, 6) is 0.719. The van der Waals surface area contributed by atoms with Crippen molar-refractivity contribution in [2.24, 2.45) is 0 Å². The van der Waals surface area contributed by atoms with E-state index in [0.717, 1.165) is 30.7 Å². The molecule has 2 heterocycles. The van der Waals surface area contributed by atoms with Gasteiger partial charge in [-0.15, -0.1) is 22.9 Å². The van der Waals surface area contributed by atoms with Crippen molar-refractivity contribution in [3.8, 4) is 0 Å². The Bertz CT molecular complexity index is 392. The molecule has 1 amide bonds. The Kier molecular flexibility index (Phi) is 4.71. The van der Waals surface area contributed by atoms with E-state index in [1.165, 1.54) is 17.8 Å². The van der Waals surface area contributed by atoms with Crippen molar-refractivity contribution in [3.05, 3.63) is 21.3 Å². The number of halogens is 2. The lowest BCUT2D eigenvalue weighted by Gasteiger charge is -2.35. The SMILES string of the molecule is O=C(c1ccc(Cl)s1)N1CCCCC1CCCl. The maximum atomic E-state index is 12.3. The summed E-state index contributed by atoms with van der Waals surface area (Å²) in [6.45, 7) is 0.843. The molecule has 0 saturated carbocycles. The average molecular weight is 292 g/mol. The molecule has 1 aliphatic heterocycles. The van der Waals surface area contributed by atoms with Crippen LogP contribution in [0.4, 0.5) is 0 Å².